The lowest BCUT2D eigenvalue weighted by Gasteiger charge is -2.21. The van der Waals surface area contributed by atoms with Crippen molar-refractivity contribution in [1.29, 1.82) is 0 Å². The zero-order valence-corrected chi connectivity index (χ0v) is 9.54. The van der Waals surface area contributed by atoms with Crippen molar-refractivity contribution in [2.75, 3.05) is 0 Å². The second-order valence-corrected chi connectivity index (χ2v) is 4.13. The number of hydrogen-bond donors (Lipinski definition) is 2. The van der Waals surface area contributed by atoms with Crippen LogP contribution in [0.1, 0.15) is 11.6 Å². The molecule has 0 saturated carbocycles. The Hall–Kier alpha value is -0.130. The minimum Gasteiger partial charge on any atom is -0.271 e. The SMILES string of the molecule is NNC(c1ccc(Cl)c(Cl)c1)C(F)(F)Cl. The van der Waals surface area contributed by atoms with Crippen LogP contribution in [-0.2, 0) is 0 Å². The lowest BCUT2D eigenvalue weighted by atomic mass is 10.1. The number of nitrogens with two attached hydrogens (primary N) is 1. The Morgan fingerprint density at radius 1 is 1.27 bits per heavy atom. The lowest BCUT2D eigenvalue weighted by Crippen LogP contribution is -2.37. The fourth-order valence-corrected chi connectivity index (χ4v) is 1.57. The molecule has 0 amide bonds. The molecule has 1 atom stereocenters. The van der Waals surface area contributed by atoms with Crippen LogP contribution in [0.25, 0.3) is 0 Å². The van der Waals surface area contributed by atoms with E-state index < -0.39 is 11.4 Å². The molecule has 2 nitrogen and oxygen atoms in total. The quantitative estimate of drug-likeness (QED) is 0.504. The van der Waals surface area contributed by atoms with Crippen LogP contribution in [0.15, 0.2) is 18.2 Å². The van der Waals surface area contributed by atoms with Gasteiger partial charge in [0.2, 0.25) is 0 Å². The number of nitrogens with one attached hydrogen (secondary N) is 1. The molecule has 0 aliphatic rings. The van der Waals surface area contributed by atoms with Crippen LogP contribution in [0.2, 0.25) is 10.0 Å². The molecule has 1 aromatic carbocycles. The third-order valence-electron chi connectivity index (χ3n) is 1.77. The number of rotatable bonds is 3. The molecular formula is C8H7Cl3F2N2. The van der Waals surface area contributed by atoms with Gasteiger partial charge in [-0.1, -0.05) is 29.3 Å². The molecular weight excluding hydrogens is 268 g/mol. The van der Waals surface area contributed by atoms with Crippen LogP contribution in [-0.4, -0.2) is 5.38 Å². The third-order valence-corrected chi connectivity index (χ3v) is 2.73. The first kappa shape index (κ1) is 12.9. The summed E-state index contributed by atoms with van der Waals surface area (Å²) in [5, 5.41) is -3.07. The van der Waals surface area contributed by atoms with E-state index in [2.05, 4.69) is 0 Å². The predicted octanol–water partition coefficient (Wildman–Crippen LogP) is 3.33. The van der Waals surface area contributed by atoms with E-state index >= 15 is 0 Å². The molecule has 0 fully saturated rings. The van der Waals surface area contributed by atoms with Gasteiger partial charge in [0, 0.05) is 0 Å². The van der Waals surface area contributed by atoms with E-state index in [1.54, 1.807) is 0 Å². The molecule has 0 radical (unpaired) electrons. The molecule has 0 spiro atoms. The van der Waals surface area contributed by atoms with Crippen molar-refractivity contribution in [2.45, 2.75) is 11.4 Å². The minimum absolute atomic E-state index is 0.159. The van der Waals surface area contributed by atoms with E-state index in [-0.39, 0.29) is 15.6 Å². The average Bonchev–Trinajstić information content (AvgIpc) is 2.10. The fourth-order valence-electron chi connectivity index (χ4n) is 1.07. The summed E-state index contributed by atoms with van der Waals surface area (Å²) in [4.78, 5) is 0. The molecule has 0 aliphatic carbocycles. The van der Waals surface area contributed by atoms with Gasteiger partial charge in [-0.05, 0) is 29.3 Å². The van der Waals surface area contributed by atoms with Crippen molar-refractivity contribution in [1.82, 2.24) is 5.43 Å². The number of benzene rings is 1. The highest BCUT2D eigenvalue weighted by Gasteiger charge is 2.37. The van der Waals surface area contributed by atoms with Gasteiger partial charge in [-0.2, -0.15) is 8.78 Å². The normalized spacial score (nSPS) is 14.0. The predicted molar refractivity (Wildman–Crippen MR) is 57.3 cm³/mol. The highest BCUT2D eigenvalue weighted by molar-refractivity contribution is 6.42. The molecule has 0 bridgehead atoms. The maximum absolute atomic E-state index is 12.9. The topological polar surface area (TPSA) is 38.0 Å². The van der Waals surface area contributed by atoms with Crippen LogP contribution in [0, 0.1) is 0 Å². The lowest BCUT2D eigenvalue weighted by molar-refractivity contribution is 0.0498. The number of alkyl halides is 3. The summed E-state index contributed by atoms with van der Waals surface area (Å²) < 4.78 is 25.7. The van der Waals surface area contributed by atoms with Crippen molar-refractivity contribution in [3.8, 4) is 0 Å². The zero-order chi connectivity index (χ0) is 11.6. The van der Waals surface area contributed by atoms with Gasteiger partial charge in [-0.25, -0.2) is 5.43 Å². The molecule has 1 unspecified atom stereocenters. The maximum Gasteiger partial charge on any atom is 0.342 e. The number of hydrogen-bond acceptors (Lipinski definition) is 2. The van der Waals surface area contributed by atoms with E-state index in [1.807, 2.05) is 5.43 Å². The molecule has 0 aliphatic heterocycles. The third kappa shape index (κ3) is 3.16. The molecule has 0 heterocycles. The Labute approximate surface area is 100 Å². The van der Waals surface area contributed by atoms with Crippen LogP contribution >= 0.6 is 34.8 Å². The average molecular weight is 276 g/mol. The highest BCUT2D eigenvalue weighted by atomic mass is 35.5. The second kappa shape index (κ2) is 4.80. The second-order valence-electron chi connectivity index (χ2n) is 2.81. The van der Waals surface area contributed by atoms with Crippen LogP contribution in [0.4, 0.5) is 8.78 Å². The molecule has 7 heteroatoms. The molecule has 15 heavy (non-hydrogen) atoms. The number of hydrazine groups is 1. The Bertz CT molecular complexity index is 354. The maximum atomic E-state index is 12.9. The standard InChI is InChI=1S/C8H7Cl3F2N2/c9-5-2-1-4(3-6(5)10)7(15-14)8(11,12)13/h1-3,7,15H,14H2. The van der Waals surface area contributed by atoms with Gasteiger partial charge in [-0.15, -0.1) is 0 Å². The van der Waals surface area contributed by atoms with Crippen LogP contribution in [0.5, 0.6) is 0 Å². The first-order chi connectivity index (χ1) is 6.86. The van der Waals surface area contributed by atoms with Gasteiger partial charge < -0.3 is 0 Å². The first-order valence-corrected chi connectivity index (χ1v) is 4.97. The summed E-state index contributed by atoms with van der Waals surface area (Å²) in [6.07, 6.45) is 0. The zero-order valence-electron chi connectivity index (χ0n) is 7.28. The highest BCUT2D eigenvalue weighted by Crippen LogP contribution is 2.36. The van der Waals surface area contributed by atoms with Crippen molar-refractivity contribution >= 4 is 34.8 Å². The van der Waals surface area contributed by atoms with Gasteiger partial charge in [0.15, 0.2) is 0 Å². The van der Waals surface area contributed by atoms with E-state index in [1.165, 1.54) is 18.2 Å². The summed E-state index contributed by atoms with van der Waals surface area (Å²) in [6.45, 7) is 0. The van der Waals surface area contributed by atoms with Gasteiger partial charge in [0.05, 0.1) is 10.0 Å². The van der Waals surface area contributed by atoms with Crippen LogP contribution < -0.4 is 11.3 Å². The van der Waals surface area contributed by atoms with E-state index in [4.69, 9.17) is 40.6 Å². The van der Waals surface area contributed by atoms with Crippen molar-refractivity contribution in [3.63, 3.8) is 0 Å². The molecule has 1 aromatic rings. The molecule has 3 N–H and O–H groups in total. The van der Waals surface area contributed by atoms with Gasteiger partial charge in [-0.3, -0.25) is 5.84 Å². The fraction of sp³-hybridized carbons (Fsp3) is 0.250. The molecule has 0 aromatic heterocycles. The Morgan fingerprint density at radius 3 is 2.27 bits per heavy atom. The first-order valence-electron chi connectivity index (χ1n) is 3.84. The van der Waals surface area contributed by atoms with Crippen molar-refractivity contribution in [3.05, 3.63) is 33.8 Å². The van der Waals surface area contributed by atoms with Crippen LogP contribution in [0.3, 0.4) is 0 Å². The van der Waals surface area contributed by atoms with Crippen molar-refractivity contribution < 1.29 is 8.78 Å². The molecule has 84 valence electrons. The summed E-state index contributed by atoms with van der Waals surface area (Å²) in [5.41, 5.74) is 2.08. The Balaban J connectivity index is 3.08. The summed E-state index contributed by atoms with van der Waals surface area (Å²) in [5.74, 6) is 4.99. The smallest absolute Gasteiger partial charge is 0.271 e. The summed E-state index contributed by atoms with van der Waals surface area (Å²) in [7, 11) is 0. The Kier molecular flexibility index (Phi) is 4.14. The summed E-state index contributed by atoms with van der Waals surface area (Å²) in [6, 6.07) is 2.53. The van der Waals surface area contributed by atoms with Gasteiger partial charge >= 0.3 is 5.38 Å². The van der Waals surface area contributed by atoms with E-state index in [0.717, 1.165) is 0 Å². The molecule has 0 saturated heterocycles. The monoisotopic (exact) mass is 274 g/mol. The Morgan fingerprint density at radius 2 is 1.87 bits per heavy atom. The molecule has 1 rings (SSSR count). The largest absolute Gasteiger partial charge is 0.342 e. The minimum atomic E-state index is -3.51. The van der Waals surface area contributed by atoms with Gasteiger partial charge in [0.1, 0.15) is 6.04 Å². The van der Waals surface area contributed by atoms with Crippen molar-refractivity contribution in [2.24, 2.45) is 5.84 Å². The summed E-state index contributed by atoms with van der Waals surface area (Å²) >= 11 is 16.2. The van der Waals surface area contributed by atoms with E-state index in [0.29, 0.717) is 0 Å². The van der Waals surface area contributed by atoms with E-state index in [9.17, 15) is 8.78 Å². The number of halogens is 5. The van der Waals surface area contributed by atoms with Gasteiger partial charge in [0.25, 0.3) is 0 Å².